The summed E-state index contributed by atoms with van der Waals surface area (Å²) >= 11 is 0. The minimum absolute atomic E-state index is 0. The summed E-state index contributed by atoms with van der Waals surface area (Å²) in [6.07, 6.45) is -1.58. The van der Waals surface area contributed by atoms with Crippen molar-refractivity contribution in [3.63, 3.8) is 0 Å². The molecule has 5 heavy (non-hydrogen) atoms. The third kappa shape index (κ3) is 50.4. The van der Waals surface area contributed by atoms with Gasteiger partial charge < -0.3 is 15.6 Å². The zero-order chi connectivity index (χ0) is 3.58. The van der Waals surface area contributed by atoms with Crippen LogP contribution in [0.2, 0.25) is 0 Å². The Balaban J connectivity index is 0. The normalized spacial score (nSPS) is 4.80. The fraction of sp³-hybridized carbons (Fsp3) is 0. The van der Waals surface area contributed by atoms with E-state index in [9.17, 15) is 0 Å². The van der Waals surface area contributed by atoms with Gasteiger partial charge in [-0.25, -0.2) is 0 Å². The first-order valence-electron chi connectivity index (χ1n) is 0.697. The van der Waals surface area contributed by atoms with E-state index in [-0.39, 0.29) is 51.4 Å². The topological polar surface area (TPSA) is 66.2 Å². The molecule has 0 unspecified atom stereocenters. The maximum Gasteiger partial charge on any atom is 1.00 e. The van der Waals surface area contributed by atoms with Crippen molar-refractivity contribution in [3.8, 4) is 0 Å². The van der Waals surface area contributed by atoms with Gasteiger partial charge in [-0.3, -0.25) is 0 Å². The Morgan fingerprint density at radius 2 is 1.80 bits per heavy atom. The van der Waals surface area contributed by atoms with E-state index in [1.807, 2.05) is 0 Å². The molecule has 0 atom stereocenters. The molecule has 3 nitrogen and oxygen atoms in total. The molecule has 24 valence electrons. The van der Waals surface area contributed by atoms with Crippen LogP contribution in [0.1, 0.15) is 0 Å². The average molecular weight is 99.1 g/mol. The van der Waals surface area contributed by atoms with Crippen molar-refractivity contribution in [2.75, 3.05) is 0 Å². The van der Waals surface area contributed by atoms with Crippen molar-refractivity contribution in [1.82, 2.24) is 0 Å². The van der Waals surface area contributed by atoms with Crippen molar-refractivity contribution < 1.29 is 61.3 Å². The summed E-state index contributed by atoms with van der Waals surface area (Å²) in [5, 5.41) is 8.67. The maximum atomic E-state index is 8.67. The van der Waals surface area contributed by atoms with Crippen LogP contribution in [0.4, 0.5) is 4.79 Å². The largest absolute Gasteiger partial charge is 1.00 e. The smallest absolute Gasteiger partial charge is 0.530 e. The monoisotopic (exact) mass is 99.0 g/mol. The number of rotatable bonds is 0. The summed E-state index contributed by atoms with van der Waals surface area (Å²) in [4.78, 5) is 8.67. The van der Waals surface area contributed by atoms with Crippen molar-refractivity contribution in [2.24, 2.45) is 5.73 Å². The molecule has 0 saturated heterocycles. The van der Waals surface area contributed by atoms with Gasteiger partial charge in [0.1, 0.15) is 6.09 Å². The maximum absolute atomic E-state index is 8.67. The average Bonchev–Trinajstić information content (AvgIpc) is 0.811. The summed E-state index contributed by atoms with van der Waals surface area (Å²) < 4.78 is 0. The number of carboxylic acid groups (broad SMARTS) is 1. The van der Waals surface area contributed by atoms with Gasteiger partial charge in [0.2, 0.25) is 0 Å². The number of hydrogen-bond acceptors (Lipinski definition) is 2. The number of carbonyl (C=O) groups excluding carboxylic acids is 1. The molecule has 2 N–H and O–H groups in total. The van der Waals surface area contributed by atoms with Crippen LogP contribution < -0.4 is 62.2 Å². The molecule has 0 rings (SSSR count). The molecule has 0 bridgehead atoms. The Kier molecular flexibility index (Phi) is 9.14. The molecule has 0 saturated carbocycles. The summed E-state index contributed by atoms with van der Waals surface area (Å²) in [5.74, 6) is 0. The van der Waals surface area contributed by atoms with Crippen LogP contribution in [0.5, 0.6) is 0 Å². The molecule has 0 heterocycles. The first-order valence-corrected chi connectivity index (χ1v) is 0.697. The van der Waals surface area contributed by atoms with Crippen LogP contribution in [0.25, 0.3) is 0 Å². The third-order valence-electron chi connectivity index (χ3n) is 0. The van der Waals surface area contributed by atoms with E-state index in [1.54, 1.807) is 0 Å². The van der Waals surface area contributed by atoms with Gasteiger partial charge in [-0.1, -0.05) is 0 Å². The second-order valence-corrected chi connectivity index (χ2v) is 0.319. The second kappa shape index (κ2) is 4.91. The second-order valence-electron chi connectivity index (χ2n) is 0.319. The van der Waals surface area contributed by atoms with Crippen LogP contribution in [-0.2, 0) is 0 Å². The Hall–Kier alpha value is 0.906. The quantitative estimate of drug-likeness (QED) is 0.310. The standard InChI is InChI=1S/CH3NO2.K/c2-1(3)4;/h2H2,(H,3,4);/q;+1/p-1. The van der Waals surface area contributed by atoms with E-state index in [4.69, 9.17) is 9.90 Å². The van der Waals surface area contributed by atoms with E-state index in [1.165, 1.54) is 0 Å². The summed E-state index contributed by atoms with van der Waals surface area (Å²) in [7, 11) is 0. The molecule has 1 amide bonds. The zero-order valence-corrected chi connectivity index (χ0v) is 6.02. The molecule has 0 aromatic heterocycles. The van der Waals surface area contributed by atoms with Crippen LogP contribution in [0, 0.1) is 0 Å². The fourth-order valence-electron chi connectivity index (χ4n) is 0. The molecular weight excluding hydrogens is 97.1 g/mol. The van der Waals surface area contributed by atoms with Crippen LogP contribution in [0.15, 0.2) is 0 Å². The molecule has 0 fully saturated rings. The minimum Gasteiger partial charge on any atom is -0.530 e. The summed E-state index contributed by atoms with van der Waals surface area (Å²) in [6, 6.07) is 0. The van der Waals surface area contributed by atoms with E-state index < -0.39 is 6.09 Å². The van der Waals surface area contributed by atoms with Gasteiger partial charge in [-0.05, 0) is 0 Å². The number of amides is 1. The zero-order valence-electron chi connectivity index (χ0n) is 2.89. The van der Waals surface area contributed by atoms with Gasteiger partial charge in [0, 0.05) is 0 Å². The fourth-order valence-corrected chi connectivity index (χ4v) is 0. The van der Waals surface area contributed by atoms with Crippen molar-refractivity contribution >= 4 is 6.09 Å². The van der Waals surface area contributed by atoms with Crippen LogP contribution >= 0.6 is 0 Å². The number of primary amides is 1. The minimum atomic E-state index is -1.58. The van der Waals surface area contributed by atoms with Gasteiger partial charge in [0.15, 0.2) is 0 Å². The van der Waals surface area contributed by atoms with E-state index in [2.05, 4.69) is 5.73 Å². The van der Waals surface area contributed by atoms with Gasteiger partial charge in [-0.2, -0.15) is 0 Å². The first kappa shape index (κ1) is 9.32. The molecule has 0 aromatic carbocycles. The van der Waals surface area contributed by atoms with E-state index in [0.29, 0.717) is 0 Å². The predicted molar refractivity (Wildman–Crippen MR) is 9.58 cm³/mol. The van der Waals surface area contributed by atoms with Gasteiger partial charge >= 0.3 is 51.4 Å². The number of carbonyl (C=O) groups is 1. The van der Waals surface area contributed by atoms with Crippen molar-refractivity contribution in [2.45, 2.75) is 0 Å². The molecule has 4 heteroatoms. The Bertz CT molecular complexity index is 32.6. The Morgan fingerprint density at radius 3 is 1.80 bits per heavy atom. The van der Waals surface area contributed by atoms with Crippen molar-refractivity contribution in [3.05, 3.63) is 0 Å². The SMILES string of the molecule is NC(=O)[O-].[K+]. The molecule has 0 aliphatic heterocycles. The molecule has 0 aliphatic rings. The molecule has 0 spiro atoms. The third-order valence-corrected chi connectivity index (χ3v) is 0. The molecular formula is CH2KNO2. The van der Waals surface area contributed by atoms with Crippen molar-refractivity contribution in [1.29, 1.82) is 0 Å². The number of nitrogens with two attached hydrogens (primary N) is 1. The van der Waals surface area contributed by atoms with Gasteiger partial charge in [-0.15, -0.1) is 0 Å². The first-order chi connectivity index (χ1) is 1.73. The molecule has 0 aromatic rings. The van der Waals surface area contributed by atoms with Crippen LogP contribution in [0.3, 0.4) is 0 Å². The predicted octanol–water partition coefficient (Wildman–Crippen LogP) is -4.71. The van der Waals surface area contributed by atoms with E-state index >= 15 is 0 Å². The van der Waals surface area contributed by atoms with Gasteiger partial charge in [0.25, 0.3) is 0 Å². The molecule has 0 radical (unpaired) electrons. The van der Waals surface area contributed by atoms with E-state index in [0.717, 1.165) is 0 Å². The summed E-state index contributed by atoms with van der Waals surface area (Å²) in [5.41, 5.74) is 3.92. The van der Waals surface area contributed by atoms with Crippen LogP contribution in [-0.4, -0.2) is 6.09 Å². The Morgan fingerprint density at radius 1 is 1.80 bits per heavy atom. The Labute approximate surface area is 72.0 Å². The molecule has 0 aliphatic carbocycles. The summed E-state index contributed by atoms with van der Waals surface area (Å²) in [6.45, 7) is 0. The van der Waals surface area contributed by atoms with Gasteiger partial charge in [0.05, 0.1) is 0 Å². The number of hydrogen-bond donors (Lipinski definition) is 1.